The van der Waals surface area contributed by atoms with Gasteiger partial charge in [0.25, 0.3) is 5.91 Å². The summed E-state index contributed by atoms with van der Waals surface area (Å²) < 4.78 is 2.87. The Morgan fingerprint density at radius 1 is 1.36 bits per heavy atom. The maximum Gasteiger partial charge on any atom is 0.264 e. The Morgan fingerprint density at radius 3 is 2.68 bits per heavy atom. The quantitative estimate of drug-likeness (QED) is 0.692. The topological polar surface area (TPSA) is 38.1 Å². The summed E-state index contributed by atoms with van der Waals surface area (Å²) in [6.07, 6.45) is 0. The van der Waals surface area contributed by atoms with Gasteiger partial charge in [0.15, 0.2) is 0 Å². The molecular weight excluding hydrogens is 362 g/mol. The average Bonchev–Trinajstić information content (AvgIpc) is 3.03. The Hall–Kier alpha value is -1.66. The second kappa shape index (κ2) is 5.85. The van der Waals surface area contributed by atoms with Crippen LogP contribution in [0.2, 0.25) is 0 Å². The average molecular weight is 378 g/mol. The molecule has 0 fully saturated rings. The molecule has 3 aromatic rings. The molecule has 0 atom stereocenters. The number of rotatable bonds is 3. The van der Waals surface area contributed by atoms with Gasteiger partial charge in [-0.1, -0.05) is 28.1 Å². The van der Waals surface area contributed by atoms with E-state index < -0.39 is 0 Å². The van der Waals surface area contributed by atoms with Gasteiger partial charge in [-0.25, -0.2) is 0 Å². The largest absolute Gasteiger partial charge is 0.337 e. The van der Waals surface area contributed by atoms with E-state index in [2.05, 4.69) is 21.0 Å². The van der Waals surface area contributed by atoms with E-state index >= 15 is 0 Å². The van der Waals surface area contributed by atoms with Crippen LogP contribution in [0.4, 0.5) is 0 Å². The first-order chi connectivity index (χ1) is 10.5. The summed E-state index contributed by atoms with van der Waals surface area (Å²) in [5.41, 5.74) is 2.07. The number of nitrogens with zero attached hydrogens (tertiary/aromatic N) is 3. The van der Waals surface area contributed by atoms with Crippen LogP contribution in [0.3, 0.4) is 0 Å². The lowest BCUT2D eigenvalue weighted by Crippen LogP contribution is -2.25. The van der Waals surface area contributed by atoms with Crippen molar-refractivity contribution in [2.24, 2.45) is 7.05 Å². The fourth-order valence-corrected chi connectivity index (χ4v) is 3.82. The van der Waals surface area contributed by atoms with E-state index in [4.69, 9.17) is 0 Å². The Balaban J connectivity index is 1.82. The number of hydrogen-bond donors (Lipinski definition) is 0. The summed E-state index contributed by atoms with van der Waals surface area (Å²) in [7, 11) is 3.74. The minimum absolute atomic E-state index is 0.0449. The highest BCUT2D eigenvalue weighted by Crippen LogP contribution is 2.28. The molecule has 0 bridgehead atoms. The maximum absolute atomic E-state index is 12.6. The maximum atomic E-state index is 12.6. The van der Waals surface area contributed by atoms with Gasteiger partial charge in [0.2, 0.25) is 0 Å². The number of amides is 1. The molecule has 22 heavy (non-hydrogen) atoms. The van der Waals surface area contributed by atoms with E-state index in [1.54, 1.807) is 4.90 Å². The number of hydrogen-bond acceptors (Lipinski definition) is 3. The van der Waals surface area contributed by atoms with Gasteiger partial charge in [-0.15, -0.1) is 11.3 Å². The number of benzene rings is 1. The zero-order valence-electron chi connectivity index (χ0n) is 12.6. The molecule has 2 aromatic heterocycles. The summed E-state index contributed by atoms with van der Waals surface area (Å²) in [6, 6.07) is 9.96. The van der Waals surface area contributed by atoms with E-state index in [0.29, 0.717) is 6.54 Å². The van der Waals surface area contributed by atoms with Gasteiger partial charge in [-0.05, 0) is 30.7 Å². The molecule has 0 radical (unpaired) electrons. The van der Waals surface area contributed by atoms with Crippen molar-refractivity contribution in [1.82, 2.24) is 14.7 Å². The van der Waals surface area contributed by atoms with Gasteiger partial charge >= 0.3 is 0 Å². The smallest absolute Gasteiger partial charge is 0.264 e. The SMILES string of the molecule is Cc1nn(C)c2sc(C(=O)N(C)Cc3ccc(Br)cc3)cc12. The summed E-state index contributed by atoms with van der Waals surface area (Å²) in [5.74, 6) is 0.0449. The zero-order chi connectivity index (χ0) is 15.9. The second-order valence-corrected chi connectivity index (χ2v) is 7.27. The highest BCUT2D eigenvalue weighted by atomic mass is 79.9. The van der Waals surface area contributed by atoms with E-state index in [1.807, 2.05) is 56.0 Å². The summed E-state index contributed by atoms with van der Waals surface area (Å²) in [6.45, 7) is 2.56. The lowest BCUT2D eigenvalue weighted by atomic mass is 10.2. The molecule has 0 aliphatic carbocycles. The van der Waals surface area contributed by atoms with Crippen LogP contribution < -0.4 is 0 Å². The molecule has 0 aliphatic rings. The van der Waals surface area contributed by atoms with Crippen LogP contribution in [0.1, 0.15) is 20.9 Å². The summed E-state index contributed by atoms with van der Waals surface area (Å²) in [4.78, 5) is 16.1. The van der Waals surface area contributed by atoms with Crippen molar-refractivity contribution in [2.45, 2.75) is 13.5 Å². The van der Waals surface area contributed by atoms with Gasteiger partial charge in [-0.2, -0.15) is 5.10 Å². The molecule has 0 unspecified atom stereocenters. The number of thiophene rings is 1. The predicted octanol–water partition coefficient (Wildman–Crippen LogP) is 3.98. The monoisotopic (exact) mass is 377 g/mol. The van der Waals surface area contributed by atoms with Crippen molar-refractivity contribution < 1.29 is 4.79 Å². The minimum atomic E-state index is 0.0449. The Bertz CT molecular complexity index is 801. The van der Waals surface area contributed by atoms with E-state index in [0.717, 1.165) is 30.8 Å². The number of aryl methyl sites for hydroxylation is 2. The summed E-state index contributed by atoms with van der Waals surface area (Å²) >= 11 is 4.91. The van der Waals surface area contributed by atoms with Crippen LogP contribution in [-0.2, 0) is 13.6 Å². The Kier molecular flexibility index (Phi) is 4.06. The van der Waals surface area contributed by atoms with Crippen molar-refractivity contribution in [2.75, 3.05) is 7.05 Å². The molecule has 114 valence electrons. The molecule has 0 aliphatic heterocycles. The molecule has 0 saturated heterocycles. The van der Waals surface area contributed by atoms with Crippen LogP contribution in [-0.4, -0.2) is 27.6 Å². The van der Waals surface area contributed by atoms with Crippen LogP contribution in [0.15, 0.2) is 34.8 Å². The lowest BCUT2D eigenvalue weighted by Gasteiger charge is -2.16. The molecule has 0 N–H and O–H groups in total. The van der Waals surface area contributed by atoms with E-state index in [9.17, 15) is 4.79 Å². The van der Waals surface area contributed by atoms with Gasteiger partial charge in [0, 0.05) is 30.5 Å². The molecule has 2 heterocycles. The number of carbonyl (C=O) groups is 1. The highest BCUT2D eigenvalue weighted by Gasteiger charge is 2.18. The fraction of sp³-hybridized carbons (Fsp3) is 0.250. The molecule has 6 heteroatoms. The van der Waals surface area contributed by atoms with Crippen molar-refractivity contribution in [1.29, 1.82) is 0 Å². The Labute approximate surface area is 141 Å². The molecule has 1 aromatic carbocycles. The van der Waals surface area contributed by atoms with Gasteiger partial charge in [0.05, 0.1) is 10.6 Å². The van der Waals surface area contributed by atoms with Crippen LogP contribution in [0, 0.1) is 6.92 Å². The van der Waals surface area contributed by atoms with E-state index in [1.165, 1.54) is 11.3 Å². The van der Waals surface area contributed by atoms with Crippen molar-refractivity contribution in [3.63, 3.8) is 0 Å². The molecule has 1 amide bonds. The van der Waals surface area contributed by atoms with Crippen molar-refractivity contribution >= 4 is 43.4 Å². The third-order valence-corrected chi connectivity index (χ3v) is 5.31. The summed E-state index contributed by atoms with van der Waals surface area (Å²) in [5, 5.41) is 5.43. The normalized spacial score (nSPS) is 11.1. The lowest BCUT2D eigenvalue weighted by molar-refractivity contribution is 0.0790. The fourth-order valence-electron chi connectivity index (χ4n) is 2.43. The third kappa shape index (κ3) is 2.80. The van der Waals surface area contributed by atoms with Gasteiger partial charge < -0.3 is 4.90 Å². The standard InChI is InChI=1S/C16H16BrN3OS/c1-10-13-8-14(22-16(13)20(3)18-10)15(21)19(2)9-11-4-6-12(17)7-5-11/h4-8H,9H2,1-3H3. The first-order valence-corrected chi connectivity index (χ1v) is 8.49. The van der Waals surface area contributed by atoms with Gasteiger partial charge in [0.1, 0.15) is 4.83 Å². The highest BCUT2D eigenvalue weighted by molar-refractivity contribution is 9.10. The molecule has 3 rings (SSSR count). The first kappa shape index (κ1) is 15.2. The molecule has 0 spiro atoms. The third-order valence-electron chi connectivity index (χ3n) is 3.59. The second-order valence-electron chi connectivity index (χ2n) is 5.33. The number of aromatic nitrogens is 2. The minimum Gasteiger partial charge on any atom is -0.337 e. The molecular formula is C16H16BrN3OS. The van der Waals surface area contributed by atoms with Crippen LogP contribution in [0.5, 0.6) is 0 Å². The van der Waals surface area contributed by atoms with Crippen LogP contribution in [0.25, 0.3) is 10.2 Å². The molecule has 0 saturated carbocycles. The van der Waals surface area contributed by atoms with E-state index in [-0.39, 0.29) is 5.91 Å². The first-order valence-electron chi connectivity index (χ1n) is 6.89. The number of fused-ring (bicyclic) bond motifs is 1. The van der Waals surface area contributed by atoms with Crippen molar-refractivity contribution in [3.05, 3.63) is 50.9 Å². The number of halogens is 1. The predicted molar refractivity (Wildman–Crippen MR) is 93.3 cm³/mol. The Morgan fingerprint density at radius 2 is 2.05 bits per heavy atom. The van der Waals surface area contributed by atoms with Crippen molar-refractivity contribution in [3.8, 4) is 0 Å². The zero-order valence-corrected chi connectivity index (χ0v) is 15.0. The van der Waals surface area contributed by atoms with Crippen LogP contribution >= 0.6 is 27.3 Å². The molecule has 4 nitrogen and oxygen atoms in total. The number of carbonyl (C=O) groups excluding carboxylic acids is 1. The van der Waals surface area contributed by atoms with Gasteiger partial charge in [-0.3, -0.25) is 9.48 Å².